The second-order valence-electron chi connectivity index (χ2n) is 2.23. The number of halogens is 1. The van der Waals surface area contributed by atoms with Gasteiger partial charge in [0.25, 0.3) is 5.69 Å². The summed E-state index contributed by atoms with van der Waals surface area (Å²) in [7, 11) is 0. The lowest BCUT2D eigenvalue weighted by Gasteiger charge is -2.01. The van der Waals surface area contributed by atoms with Gasteiger partial charge in [-0.2, -0.15) is 0 Å². The molecule has 12 heavy (non-hydrogen) atoms. The Morgan fingerprint density at radius 2 is 2.25 bits per heavy atom. The second kappa shape index (κ2) is 3.70. The average Bonchev–Trinajstić information content (AvgIpc) is 2.04. The van der Waals surface area contributed by atoms with Crippen LogP contribution in [0.4, 0.5) is 5.69 Å². The van der Waals surface area contributed by atoms with Crippen LogP contribution in [0.3, 0.4) is 0 Å². The standard InChI is InChI=1S/C7H6INO3/c1-5-6(9(10)11)3-2-4-7(5)12-8/h2-4H,1H3. The summed E-state index contributed by atoms with van der Waals surface area (Å²) in [5, 5.41) is 10.4. The quantitative estimate of drug-likeness (QED) is 0.475. The lowest BCUT2D eigenvalue weighted by Crippen LogP contribution is -1.92. The molecular formula is C7H6INO3. The van der Waals surface area contributed by atoms with Crippen LogP contribution in [0.5, 0.6) is 5.75 Å². The van der Waals surface area contributed by atoms with Gasteiger partial charge in [-0.05, 0) is 13.0 Å². The van der Waals surface area contributed by atoms with Gasteiger partial charge in [-0.25, -0.2) is 0 Å². The summed E-state index contributed by atoms with van der Waals surface area (Å²) in [6, 6.07) is 4.74. The van der Waals surface area contributed by atoms with E-state index in [0.29, 0.717) is 11.3 Å². The predicted molar refractivity (Wildman–Crippen MR) is 52.5 cm³/mol. The van der Waals surface area contributed by atoms with E-state index in [0.717, 1.165) is 0 Å². The van der Waals surface area contributed by atoms with Crippen LogP contribution in [0.25, 0.3) is 0 Å². The van der Waals surface area contributed by atoms with E-state index in [-0.39, 0.29) is 5.69 Å². The van der Waals surface area contributed by atoms with E-state index in [2.05, 4.69) is 0 Å². The van der Waals surface area contributed by atoms with Crippen molar-refractivity contribution in [3.05, 3.63) is 33.9 Å². The van der Waals surface area contributed by atoms with Gasteiger partial charge in [-0.15, -0.1) is 0 Å². The zero-order chi connectivity index (χ0) is 9.14. The molecule has 0 atom stereocenters. The fraction of sp³-hybridized carbons (Fsp3) is 0.143. The van der Waals surface area contributed by atoms with Crippen molar-refractivity contribution in [2.24, 2.45) is 0 Å². The van der Waals surface area contributed by atoms with Gasteiger partial charge in [-0.3, -0.25) is 10.1 Å². The first kappa shape index (κ1) is 9.24. The van der Waals surface area contributed by atoms with Gasteiger partial charge in [-0.1, -0.05) is 6.07 Å². The monoisotopic (exact) mass is 279 g/mol. The zero-order valence-corrected chi connectivity index (χ0v) is 8.44. The van der Waals surface area contributed by atoms with Gasteiger partial charge in [0, 0.05) is 6.07 Å². The van der Waals surface area contributed by atoms with Gasteiger partial charge in [0.05, 0.1) is 10.5 Å². The molecule has 0 aliphatic carbocycles. The smallest absolute Gasteiger partial charge is 0.276 e. The van der Waals surface area contributed by atoms with Gasteiger partial charge in [0.1, 0.15) is 5.75 Å². The first-order valence-corrected chi connectivity index (χ1v) is 4.07. The van der Waals surface area contributed by atoms with Crippen LogP contribution >= 0.6 is 23.0 Å². The number of nitro benzene ring substituents is 1. The molecule has 0 saturated carbocycles. The Hall–Kier alpha value is -0.850. The Bertz CT molecular complexity index is 314. The number of benzene rings is 1. The van der Waals surface area contributed by atoms with Gasteiger partial charge in [0.2, 0.25) is 0 Å². The lowest BCUT2D eigenvalue weighted by molar-refractivity contribution is -0.385. The number of hydrogen-bond donors (Lipinski definition) is 0. The molecule has 0 saturated heterocycles. The van der Waals surface area contributed by atoms with Crippen LogP contribution < -0.4 is 3.07 Å². The highest BCUT2D eigenvalue weighted by molar-refractivity contribution is 14.1. The third kappa shape index (κ3) is 1.66. The first-order chi connectivity index (χ1) is 5.66. The molecule has 4 nitrogen and oxygen atoms in total. The van der Waals surface area contributed by atoms with Crippen LogP contribution in [0.15, 0.2) is 18.2 Å². The number of nitrogens with zero attached hydrogens (tertiary/aromatic N) is 1. The number of rotatable bonds is 2. The van der Waals surface area contributed by atoms with Crippen molar-refractivity contribution in [3.8, 4) is 5.75 Å². The average molecular weight is 279 g/mol. The molecule has 0 radical (unpaired) electrons. The Kier molecular flexibility index (Phi) is 2.85. The van der Waals surface area contributed by atoms with Crippen molar-refractivity contribution >= 4 is 28.7 Å². The molecular weight excluding hydrogens is 273 g/mol. The maximum absolute atomic E-state index is 10.4. The Labute approximate surface area is 83.4 Å². The van der Waals surface area contributed by atoms with Crippen molar-refractivity contribution < 1.29 is 7.99 Å². The van der Waals surface area contributed by atoms with E-state index >= 15 is 0 Å². The second-order valence-corrected chi connectivity index (χ2v) is 2.67. The summed E-state index contributed by atoms with van der Waals surface area (Å²) in [6.45, 7) is 1.66. The van der Waals surface area contributed by atoms with Crippen molar-refractivity contribution in [1.29, 1.82) is 0 Å². The van der Waals surface area contributed by atoms with Crippen LogP contribution in [-0.2, 0) is 0 Å². The molecule has 64 valence electrons. The van der Waals surface area contributed by atoms with E-state index < -0.39 is 4.92 Å². The Morgan fingerprint density at radius 3 is 2.75 bits per heavy atom. The number of hydrogen-bond acceptors (Lipinski definition) is 3. The molecule has 0 N–H and O–H groups in total. The van der Waals surface area contributed by atoms with E-state index in [1.807, 2.05) is 0 Å². The lowest BCUT2D eigenvalue weighted by atomic mass is 10.2. The summed E-state index contributed by atoms with van der Waals surface area (Å²) < 4.78 is 4.90. The largest absolute Gasteiger partial charge is 0.427 e. The molecule has 0 bridgehead atoms. The van der Waals surface area contributed by atoms with E-state index in [1.54, 1.807) is 42.1 Å². The zero-order valence-electron chi connectivity index (χ0n) is 6.28. The molecule has 0 amide bonds. The maximum Gasteiger partial charge on any atom is 0.276 e. The SMILES string of the molecule is Cc1c(OI)cccc1[N+](=O)[O-]. The van der Waals surface area contributed by atoms with Gasteiger partial charge in [0.15, 0.2) is 23.0 Å². The van der Waals surface area contributed by atoms with Crippen LogP contribution in [0.1, 0.15) is 5.56 Å². The summed E-state index contributed by atoms with van der Waals surface area (Å²) in [4.78, 5) is 10.0. The van der Waals surface area contributed by atoms with Crippen molar-refractivity contribution in [1.82, 2.24) is 0 Å². The highest BCUT2D eigenvalue weighted by atomic mass is 127. The molecule has 0 aliphatic rings. The summed E-state index contributed by atoms with van der Waals surface area (Å²) in [5.74, 6) is 0.532. The van der Waals surface area contributed by atoms with Crippen LogP contribution in [0.2, 0.25) is 0 Å². The molecule has 1 rings (SSSR count). The molecule has 1 aromatic rings. The molecule has 0 aliphatic heterocycles. The fourth-order valence-electron chi connectivity index (χ4n) is 0.884. The topological polar surface area (TPSA) is 52.4 Å². The Balaban J connectivity index is 3.23. The van der Waals surface area contributed by atoms with Crippen LogP contribution in [0, 0.1) is 17.0 Å². The molecule has 0 aromatic heterocycles. The minimum Gasteiger partial charge on any atom is -0.427 e. The third-order valence-corrected chi connectivity index (χ3v) is 2.01. The van der Waals surface area contributed by atoms with Crippen molar-refractivity contribution in [2.45, 2.75) is 6.92 Å². The molecule has 0 heterocycles. The highest BCUT2D eigenvalue weighted by Crippen LogP contribution is 2.27. The molecule has 5 heteroatoms. The maximum atomic E-state index is 10.4. The van der Waals surface area contributed by atoms with Crippen LogP contribution in [-0.4, -0.2) is 4.92 Å². The van der Waals surface area contributed by atoms with Crippen molar-refractivity contribution in [2.75, 3.05) is 0 Å². The summed E-state index contributed by atoms with van der Waals surface area (Å²) in [6.07, 6.45) is 0. The molecule has 0 fully saturated rings. The minimum absolute atomic E-state index is 0.0872. The molecule has 0 unspecified atom stereocenters. The molecule has 0 spiro atoms. The summed E-state index contributed by atoms with van der Waals surface area (Å²) >= 11 is 1.70. The van der Waals surface area contributed by atoms with E-state index in [1.165, 1.54) is 6.07 Å². The first-order valence-electron chi connectivity index (χ1n) is 3.19. The highest BCUT2D eigenvalue weighted by Gasteiger charge is 2.13. The van der Waals surface area contributed by atoms with Gasteiger partial charge >= 0.3 is 0 Å². The van der Waals surface area contributed by atoms with Gasteiger partial charge < -0.3 is 3.07 Å². The normalized spacial score (nSPS) is 9.50. The third-order valence-electron chi connectivity index (χ3n) is 1.54. The Morgan fingerprint density at radius 1 is 1.58 bits per heavy atom. The molecule has 1 aromatic carbocycles. The minimum atomic E-state index is -0.422. The van der Waals surface area contributed by atoms with E-state index in [9.17, 15) is 10.1 Å². The predicted octanol–water partition coefficient (Wildman–Crippen LogP) is 2.63. The fourth-order valence-corrected chi connectivity index (χ4v) is 1.36. The number of nitro groups is 1. The summed E-state index contributed by atoms with van der Waals surface area (Å²) in [5.41, 5.74) is 0.640. The van der Waals surface area contributed by atoms with Crippen molar-refractivity contribution in [3.63, 3.8) is 0 Å². The van der Waals surface area contributed by atoms with E-state index in [4.69, 9.17) is 3.07 Å².